The molecule has 2 aliphatic heterocycles. The molecule has 0 bridgehead atoms. The molecule has 0 spiro atoms. The SMILES string of the molecule is CCN1C(=O)N=C(N)C1c1ccc2c(c1)OCCO2. The van der Waals surface area contributed by atoms with Crippen LogP contribution in [-0.2, 0) is 0 Å². The van der Waals surface area contributed by atoms with Gasteiger partial charge in [0.05, 0.1) is 0 Å². The quantitative estimate of drug-likeness (QED) is 0.870. The Bertz CT molecular complexity index is 556. The van der Waals surface area contributed by atoms with Crippen LogP contribution in [0.4, 0.5) is 4.79 Å². The van der Waals surface area contributed by atoms with Crippen LogP contribution < -0.4 is 15.2 Å². The van der Waals surface area contributed by atoms with Crippen molar-refractivity contribution in [3.05, 3.63) is 23.8 Å². The topological polar surface area (TPSA) is 77.2 Å². The standard InChI is InChI=1S/C13H15N3O3/c1-2-16-11(12(14)15-13(16)17)8-3-4-9-10(7-8)19-6-5-18-9/h3-4,7,11H,2,5-6H2,1H3,(H2,14,15,17). The third-order valence-corrected chi connectivity index (χ3v) is 3.28. The Balaban J connectivity index is 1.97. The average molecular weight is 261 g/mol. The second kappa shape index (κ2) is 4.46. The zero-order valence-electron chi connectivity index (χ0n) is 10.6. The van der Waals surface area contributed by atoms with Gasteiger partial charge in [-0.25, -0.2) is 4.79 Å². The first-order valence-electron chi connectivity index (χ1n) is 6.25. The zero-order chi connectivity index (χ0) is 13.4. The van der Waals surface area contributed by atoms with Crippen molar-refractivity contribution in [2.24, 2.45) is 10.7 Å². The zero-order valence-corrected chi connectivity index (χ0v) is 10.6. The molecule has 3 rings (SSSR count). The van der Waals surface area contributed by atoms with E-state index in [0.717, 1.165) is 11.3 Å². The van der Waals surface area contributed by atoms with Gasteiger partial charge in [0, 0.05) is 6.54 Å². The van der Waals surface area contributed by atoms with Crippen LogP contribution in [0.15, 0.2) is 23.2 Å². The van der Waals surface area contributed by atoms with Crippen molar-refractivity contribution in [1.82, 2.24) is 4.90 Å². The maximum Gasteiger partial charge on any atom is 0.346 e. The molecule has 6 nitrogen and oxygen atoms in total. The first-order valence-corrected chi connectivity index (χ1v) is 6.25. The van der Waals surface area contributed by atoms with Gasteiger partial charge in [-0.2, -0.15) is 4.99 Å². The minimum Gasteiger partial charge on any atom is -0.486 e. The van der Waals surface area contributed by atoms with Gasteiger partial charge in [-0.15, -0.1) is 0 Å². The van der Waals surface area contributed by atoms with Crippen LogP contribution in [0.25, 0.3) is 0 Å². The molecule has 1 aromatic rings. The number of amides is 2. The lowest BCUT2D eigenvalue weighted by Gasteiger charge is -2.25. The minimum atomic E-state index is -0.312. The summed E-state index contributed by atoms with van der Waals surface area (Å²) < 4.78 is 11.0. The van der Waals surface area contributed by atoms with Gasteiger partial charge >= 0.3 is 6.03 Å². The summed E-state index contributed by atoms with van der Waals surface area (Å²) in [5, 5.41) is 0. The number of rotatable bonds is 2. The molecule has 100 valence electrons. The van der Waals surface area contributed by atoms with E-state index in [1.54, 1.807) is 4.90 Å². The third-order valence-electron chi connectivity index (χ3n) is 3.28. The van der Waals surface area contributed by atoms with E-state index >= 15 is 0 Å². The van der Waals surface area contributed by atoms with Gasteiger partial charge in [0.25, 0.3) is 0 Å². The van der Waals surface area contributed by atoms with E-state index in [2.05, 4.69) is 4.99 Å². The smallest absolute Gasteiger partial charge is 0.346 e. The fraction of sp³-hybridized carbons (Fsp3) is 0.385. The van der Waals surface area contributed by atoms with Gasteiger partial charge in [0.1, 0.15) is 25.1 Å². The fourth-order valence-corrected chi connectivity index (χ4v) is 2.40. The van der Waals surface area contributed by atoms with Gasteiger partial charge in [-0.3, -0.25) is 0 Å². The van der Waals surface area contributed by atoms with Crippen molar-refractivity contribution in [2.75, 3.05) is 19.8 Å². The van der Waals surface area contributed by atoms with Gasteiger partial charge in [0.15, 0.2) is 11.5 Å². The summed E-state index contributed by atoms with van der Waals surface area (Å²) in [5.41, 5.74) is 6.75. The van der Waals surface area contributed by atoms with Crippen LogP contribution >= 0.6 is 0 Å². The van der Waals surface area contributed by atoms with Crippen molar-refractivity contribution in [3.63, 3.8) is 0 Å². The Morgan fingerprint density at radius 2 is 2.11 bits per heavy atom. The van der Waals surface area contributed by atoms with E-state index in [1.165, 1.54) is 0 Å². The molecule has 1 unspecified atom stereocenters. The first kappa shape index (κ1) is 11.8. The number of hydrogen-bond acceptors (Lipinski definition) is 4. The number of nitrogens with two attached hydrogens (primary N) is 1. The van der Waals surface area contributed by atoms with Crippen molar-refractivity contribution >= 4 is 11.9 Å². The van der Waals surface area contributed by atoms with E-state index in [1.807, 2.05) is 25.1 Å². The Hall–Kier alpha value is -2.24. The Morgan fingerprint density at radius 1 is 1.37 bits per heavy atom. The number of nitrogens with zero attached hydrogens (tertiary/aromatic N) is 2. The highest BCUT2D eigenvalue weighted by Crippen LogP contribution is 2.35. The highest BCUT2D eigenvalue weighted by Gasteiger charge is 2.34. The molecule has 0 radical (unpaired) electrons. The van der Waals surface area contributed by atoms with Gasteiger partial charge < -0.3 is 20.1 Å². The van der Waals surface area contributed by atoms with Crippen LogP contribution in [-0.4, -0.2) is 36.5 Å². The van der Waals surface area contributed by atoms with Gasteiger partial charge in [0.2, 0.25) is 0 Å². The molecular weight excluding hydrogens is 246 g/mol. The van der Waals surface area contributed by atoms with E-state index in [4.69, 9.17) is 15.2 Å². The lowest BCUT2D eigenvalue weighted by molar-refractivity contribution is 0.171. The lowest BCUT2D eigenvalue weighted by Crippen LogP contribution is -2.33. The van der Waals surface area contributed by atoms with E-state index in [9.17, 15) is 4.79 Å². The number of likely N-dealkylation sites (N-methyl/N-ethyl adjacent to an activating group) is 1. The molecule has 6 heteroatoms. The maximum atomic E-state index is 11.7. The molecule has 2 aliphatic rings. The summed E-state index contributed by atoms with van der Waals surface area (Å²) in [7, 11) is 0. The predicted octanol–water partition coefficient (Wildman–Crippen LogP) is 1.31. The minimum absolute atomic E-state index is 0.292. The summed E-state index contributed by atoms with van der Waals surface area (Å²) in [4.78, 5) is 17.1. The molecule has 0 saturated heterocycles. The number of urea groups is 1. The lowest BCUT2D eigenvalue weighted by atomic mass is 10.0. The number of amidine groups is 1. The highest BCUT2D eigenvalue weighted by molar-refractivity contribution is 6.03. The third kappa shape index (κ3) is 1.89. The van der Waals surface area contributed by atoms with Crippen LogP contribution in [0.2, 0.25) is 0 Å². The predicted molar refractivity (Wildman–Crippen MR) is 69.6 cm³/mol. The van der Waals surface area contributed by atoms with Crippen molar-refractivity contribution in [3.8, 4) is 11.5 Å². The molecule has 0 aromatic heterocycles. The second-order valence-corrected chi connectivity index (χ2v) is 4.41. The Morgan fingerprint density at radius 3 is 2.84 bits per heavy atom. The number of carbonyl (C=O) groups is 1. The molecule has 2 N–H and O–H groups in total. The number of aliphatic imine (C=N–C) groups is 1. The van der Waals surface area contributed by atoms with Gasteiger partial charge in [-0.05, 0) is 24.6 Å². The highest BCUT2D eigenvalue weighted by atomic mass is 16.6. The average Bonchev–Trinajstić information content (AvgIpc) is 2.72. The molecule has 1 aromatic carbocycles. The van der Waals surface area contributed by atoms with Crippen LogP contribution in [0, 0.1) is 0 Å². The van der Waals surface area contributed by atoms with E-state index in [-0.39, 0.29) is 12.1 Å². The largest absolute Gasteiger partial charge is 0.486 e. The van der Waals surface area contributed by atoms with E-state index in [0.29, 0.717) is 31.3 Å². The van der Waals surface area contributed by atoms with Crippen LogP contribution in [0.5, 0.6) is 11.5 Å². The number of fused-ring (bicyclic) bond motifs is 1. The summed E-state index contributed by atoms with van der Waals surface area (Å²) >= 11 is 0. The van der Waals surface area contributed by atoms with Crippen LogP contribution in [0.1, 0.15) is 18.5 Å². The van der Waals surface area contributed by atoms with E-state index < -0.39 is 0 Å². The molecule has 2 amide bonds. The van der Waals surface area contributed by atoms with Crippen molar-refractivity contribution < 1.29 is 14.3 Å². The number of hydrogen-bond donors (Lipinski definition) is 1. The fourth-order valence-electron chi connectivity index (χ4n) is 2.40. The molecular formula is C13H15N3O3. The monoisotopic (exact) mass is 261 g/mol. The molecule has 0 fully saturated rings. The number of carbonyl (C=O) groups excluding carboxylic acids is 1. The molecule has 1 atom stereocenters. The second-order valence-electron chi connectivity index (χ2n) is 4.41. The Labute approximate surface area is 110 Å². The molecule has 0 aliphatic carbocycles. The van der Waals surface area contributed by atoms with Crippen molar-refractivity contribution in [1.29, 1.82) is 0 Å². The van der Waals surface area contributed by atoms with Gasteiger partial charge in [-0.1, -0.05) is 6.07 Å². The van der Waals surface area contributed by atoms with Crippen molar-refractivity contribution in [2.45, 2.75) is 13.0 Å². The first-order chi connectivity index (χ1) is 9.20. The normalized spacial score (nSPS) is 21.5. The molecule has 0 saturated carbocycles. The summed E-state index contributed by atoms with van der Waals surface area (Å²) in [5.74, 6) is 1.73. The summed E-state index contributed by atoms with van der Waals surface area (Å²) in [6, 6.07) is 4.99. The van der Waals surface area contributed by atoms with Crippen LogP contribution in [0.3, 0.4) is 0 Å². The summed E-state index contributed by atoms with van der Waals surface area (Å²) in [6.07, 6.45) is 0. The number of benzene rings is 1. The maximum absolute atomic E-state index is 11.7. The molecule has 19 heavy (non-hydrogen) atoms. The molecule has 2 heterocycles. The Kier molecular flexibility index (Phi) is 2.77. The summed E-state index contributed by atoms with van der Waals surface area (Å²) in [6.45, 7) is 3.54. The number of ether oxygens (including phenoxy) is 2.